The fourth-order valence-corrected chi connectivity index (χ4v) is 4.47. The van der Waals surface area contributed by atoms with Crippen molar-refractivity contribution in [2.24, 2.45) is 7.05 Å². The Morgan fingerprint density at radius 1 is 1.28 bits per heavy atom. The summed E-state index contributed by atoms with van der Waals surface area (Å²) >= 11 is 1.57. The van der Waals surface area contributed by atoms with E-state index in [4.69, 9.17) is 0 Å². The van der Waals surface area contributed by atoms with Gasteiger partial charge in [-0.25, -0.2) is 8.78 Å². The average Bonchev–Trinajstić information content (AvgIpc) is 2.76. The molecular weight excluding hydrogens is 344 g/mol. The van der Waals surface area contributed by atoms with Crippen LogP contribution in [0.2, 0.25) is 0 Å². The number of thioether (sulfide) groups is 1. The van der Waals surface area contributed by atoms with E-state index in [-0.39, 0.29) is 11.2 Å². The van der Waals surface area contributed by atoms with Gasteiger partial charge in [0.2, 0.25) is 0 Å². The first kappa shape index (κ1) is 17.9. The van der Waals surface area contributed by atoms with Crippen LogP contribution in [0.25, 0.3) is 0 Å². The van der Waals surface area contributed by atoms with Gasteiger partial charge in [-0.3, -0.25) is 9.48 Å². The van der Waals surface area contributed by atoms with Crippen LogP contribution in [0.15, 0.2) is 18.2 Å². The molecule has 1 fully saturated rings. The lowest BCUT2D eigenvalue weighted by atomic mass is 10.1. The summed E-state index contributed by atoms with van der Waals surface area (Å²) < 4.78 is 29.2. The normalized spacial score (nSPS) is 18.3. The quantitative estimate of drug-likeness (QED) is 0.816. The zero-order chi connectivity index (χ0) is 18.1. The SMILES string of the molecule is Cc1nn(C)c(C)c1C(=O)N1CCSC(c2cc(F)ccc2F)CC1. The van der Waals surface area contributed by atoms with Gasteiger partial charge in [-0.2, -0.15) is 16.9 Å². The molecule has 2 aromatic rings. The van der Waals surface area contributed by atoms with Crippen LogP contribution in [0.3, 0.4) is 0 Å². The second-order valence-electron chi connectivity index (χ2n) is 6.28. The van der Waals surface area contributed by atoms with Crippen LogP contribution >= 0.6 is 11.8 Å². The number of carbonyl (C=O) groups excluding carboxylic acids is 1. The first-order valence-electron chi connectivity index (χ1n) is 8.24. The number of aryl methyl sites for hydroxylation is 2. The number of benzene rings is 1. The summed E-state index contributed by atoms with van der Waals surface area (Å²) in [6, 6.07) is 3.56. The van der Waals surface area contributed by atoms with Gasteiger partial charge in [0.15, 0.2) is 0 Å². The molecule has 1 unspecified atom stereocenters. The Bertz CT molecular complexity index is 806. The number of aromatic nitrogens is 2. The van der Waals surface area contributed by atoms with Crippen molar-refractivity contribution < 1.29 is 13.6 Å². The molecule has 0 saturated carbocycles. The largest absolute Gasteiger partial charge is 0.338 e. The number of hydrogen-bond acceptors (Lipinski definition) is 3. The fraction of sp³-hybridized carbons (Fsp3) is 0.444. The molecule has 1 saturated heterocycles. The zero-order valence-electron chi connectivity index (χ0n) is 14.6. The number of halogens is 2. The van der Waals surface area contributed by atoms with Gasteiger partial charge in [0.05, 0.1) is 11.3 Å². The molecule has 0 aliphatic carbocycles. The highest BCUT2D eigenvalue weighted by atomic mass is 32.2. The fourth-order valence-electron chi connectivity index (χ4n) is 3.22. The maximum atomic E-state index is 14.0. The van der Waals surface area contributed by atoms with Gasteiger partial charge in [-0.05, 0) is 38.5 Å². The molecule has 0 N–H and O–H groups in total. The summed E-state index contributed by atoms with van der Waals surface area (Å²) in [6.45, 7) is 4.81. The molecule has 1 aromatic heterocycles. The van der Waals surface area contributed by atoms with Crippen molar-refractivity contribution in [1.29, 1.82) is 0 Å². The van der Waals surface area contributed by atoms with Crippen LogP contribution < -0.4 is 0 Å². The molecule has 2 heterocycles. The van der Waals surface area contributed by atoms with Gasteiger partial charge in [0.1, 0.15) is 11.6 Å². The van der Waals surface area contributed by atoms with Crippen LogP contribution in [-0.4, -0.2) is 39.4 Å². The minimum absolute atomic E-state index is 0.0379. The molecule has 0 radical (unpaired) electrons. The summed E-state index contributed by atoms with van der Waals surface area (Å²) in [5.41, 5.74) is 2.58. The molecule has 7 heteroatoms. The van der Waals surface area contributed by atoms with Gasteiger partial charge in [0.25, 0.3) is 5.91 Å². The number of carbonyl (C=O) groups is 1. The van der Waals surface area contributed by atoms with Crippen LogP contribution in [0.5, 0.6) is 0 Å². The Kier molecular flexibility index (Phi) is 5.13. The van der Waals surface area contributed by atoms with E-state index in [0.717, 1.165) is 17.5 Å². The van der Waals surface area contributed by atoms with Crippen LogP contribution in [0.4, 0.5) is 8.78 Å². The molecular formula is C18H21F2N3OS. The van der Waals surface area contributed by atoms with E-state index in [0.29, 0.717) is 36.4 Å². The van der Waals surface area contributed by atoms with E-state index >= 15 is 0 Å². The highest BCUT2D eigenvalue weighted by Gasteiger charge is 2.27. The molecule has 0 spiro atoms. The first-order valence-corrected chi connectivity index (χ1v) is 9.29. The van der Waals surface area contributed by atoms with Crippen molar-refractivity contribution in [3.63, 3.8) is 0 Å². The van der Waals surface area contributed by atoms with Gasteiger partial charge >= 0.3 is 0 Å². The molecule has 1 aliphatic rings. The van der Waals surface area contributed by atoms with Crippen molar-refractivity contribution in [2.75, 3.05) is 18.8 Å². The molecule has 4 nitrogen and oxygen atoms in total. The number of rotatable bonds is 2. The third-order valence-electron chi connectivity index (χ3n) is 4.66. The second kappa shape index (κ2) is 7.15. The van der Waals surface area contributed by atoms with Crippen molar-refractivity contribution in [3.05, 3.63) is 52.3 Å². The zero-order valence-corrected chi connectivity index (χ0v) is 15.4. The lowest BCUT2D eigenvalue weighted by molar-refractivity contribution is 0.0765. The predicted molar refractivity (Wildman–Crippen MR) is 94.8 cm³/mol. The minimum atomic E-state index is -0.434. The van der Waals surface area contributed by atoms with Crippen molar-refractivity contribution in [1.82, 2.24) is 14.7 Å². The van der Waals surface area contributed by atoms with Gasteiger partial charge in [0, 0.05) is 42.4 Å². The molecule has 134 valence electrons. The van der Waals surface area contributed by atoms with E-state index in [1.54, 1.807) is 21.3 Å². The maximum Gasteiger partial charge on any atom is 0.257 e. The molecule has 1 aliphatic heterocycles. The van der Waals surface area contributed by atoms with E-state index in [9.17, 15) is 13.6 Å². The number of hydrogen-bond donors (Lipinski definition) is 0. The molecule has 1 amide bonds. The van der Waals surface area contributed by atoms with E-state index in [1.807, 2.05) is 20.9 Å². The van der Waals surface area contributed by atoms with Crippen molar-refractivity contribution in [2.45, 2.75) is 25.5 Å². The van der Waals surface area contributed by atoms with Crippen LogP contribution in [0.1, 0.15) is 39.0 Å². The average molecular weight is 365 g/mol. The maximum absolute atomic E-state index is 14.0. The Balaban J connectivity index is 1.77. The first-order chi connectivity index (χ1) is 11.9. The van der Waals surface area contributed by atoms with Crippen molar-refractivity contribution in [3.8, 4) is 0 Å². The third-order valence-corrected chi connectivity index (χ3v) is 5.97. The Hall–Kier alpha value is -1.89. The molecule has 1 atom stereocenters. The predicted octanol–water partition coefficient (Wildman–Crippen LogP) is 3.64. The Labute approximate surface area is 150 Å². The third kappa shape index (κ3) is 3.56. The van der Waals surface area contributed by atoms with Crippen LogP contribution in [-0.2, 0) is 7.05 Å². The summed E-state index contributed by atoms with van der Waals surface area (Å²) in [7, 11) is 1.82. The Morgan fingerprint density at radius 2 is 2.04 bits per heavy atom. The summed E-state index contributed by atoms with van der Waals surface area (Å²) in [5.74, 6) is -0.178. The molecule has 25 heavy (non-hydrogen) atoms. The van der Waals surface area contributed by atoms with E-state index < -0.39 is 11.6 Å². The minimum Gasteiger partial charge on any atom is -0.338 e. The van der Waals surface area contributed by atoms with Gasteiger partial charge in [-0.15, -0.1) is 0 Å². The van der Waals surface area contributed by atoms with E-state index in [1.165, 1.54) is 12.1 Å². The lowest BCUT2D eigenvalue weighted by Gasteiger charge is -2.20. The monoisotopic (exact) mass is 365 g/mol. The summed E-state index contributed by atoms with van der Waals surface area (Å²) in [4.78, 5) is 14.7. The van der Waals surface area contributed by atoms with Gasteiger partial charge in [-0.1, -0.05) is 0 Å². The highest BCUT2D eigenvalue weighted by molar-refractivity contribution is 7.99. The standard InChI is InChI=1S/C18H21F2N3OS/c1-11-17(12(2)22(3)21-11)18(24)23-7-6-16(25-9-8-23)14-10-13(19)4-5-15(14)20/h4-5,10,16H,6-9H2,1-3H3. The number of amides is 1. The summed E-state index contributed by atoms with van der Waals surface area (Å²) in [5, 5.41) is 4.16. The van der Waals surface area contributed by atoms with E-state index in [2.05, 4.69) is 5.10 Å². The topological polar surface area (TPSA) is 38.1 Å². The molecule has 0 bridgehead atoms. The lowest BCUT2D eigenvalue weighted by Crippen LogP contribution is -2.33. The summed E-state index contributed by atoms with van der Waals surface area (Å²) in [6.07, 6.45) is 0.592. The van der Waals surface area contributed by atoms with Crippen LogP contribution in [0, 0.1) is 25.5 Å². The smallest absolute Gasteiger partial charge is 0.257 e. The Morgan fingerprint density at radius 3 is 2.72 bits per heavy atom. The van der Waals surface area contributed by atoms with Crippen molar-refractivity contribution >= 4 is 17.7 Å². The highest BCUT2D eigenvalue weighted by Crippen LogP contribution is 2.36. The van der Waals surface area contributed by atoms with Gasteiger partial charge < -0.3 is 4.90 Å². The molecule has 3 rings (SSSR count). The molecule has 1 aromatic carbocycles. The number of nitrogens with zero attached hydrogens (tertiary/aromatic N) is 3. The second-order valence-corrected chi connectivity index (χ2v) is 7.59.